The molecular weight excluding hydrogens is 202 g/mol. The van der Waals surface area contributed by atoms with Gasteiger partial charge in [-0.15, -0.1) is 0 Å². The minimum Gasteiger partial charge on any atom is -0.377 e. The molecule has 1 N–H and O–H groups in total. The van der Waals surface area contributed by atoms with Gasteiger partial charge >= 0.3 is 0 Å². The molecule has 4 heteroatoms. The van der Waals surface area contributed by atoms with Crippen LogP contribution >= 0.6 is 0 Å². The van der Waals surface area contributed by atoms with E-state index in [2.05, 4.69) is 17.2 Å². The van der Waals surface area contributed by atoms with Gasteiger partial charge in [0.15, 0.2) is 0 Å². The van der Waals surface area contributed by atoms with Crippen LogP contribution in [0.4, 0.5) is 5.82 Å². The van der Waals surface area contributed by atoms with Crippen molar-refractivity contribution in [2.45, 2.75) is 20.0 Å². The topological polar surface area (TPSA) is 38.6 Å². The zero-order valence-corrected chi connectivity index (χ0v) is 9.68. The second-order valence-corrected chi connectivity index (χ2v) is 3.71. The Kier molecular flexibility index (Phi) is 3.41. The Hall–Kier alpha value is -1.55. The van der Waals surface area contributed by atoms with Gasteiger partial charge in [-0.1, -0.05) is 6.07 Å². The van der Waals surface area contributed by atoms with Gasteiger partial charge in [-0.3, -0.25) is 4.40 Å². The van der Waals surface area contributed by atoms with E-state index in [4.69, 9.17) is 4.74 Å². The van der Waals surface area contributed by atoms with E-state index in [9.17, 15) is 0 Å². The molecule has 0 saturated carbocycles. The summed E-state index contributed by atoms with van der Waals surface area (Å²) in [6.07, 6.45) is 3.96. The number of ether oxygens (including phenoxy) is 1. The van der Waals surface area contributed by atoms with Gasteiger partial charge in [0.05, 0.1) is 6.10 Å². The van der Waals surface area contributed by atoms with Gasteiger partial charge < -0.3 is 10.1 Å². The van der Waals surface area contributed by atoms with Crippen molar-refractivity contribution in [1.82, 2.24) is 9.38 Å². The Balaban J connectivity index is 2.06. The Labute approximate surface area is 95.3 Å². The van der Waals surface area contributed by atoms with E-state index in [1.807, 2.05) is 35.7 Å². The maximum absolute atomic E-state index is 5.47. The molecule has 0 amide bonds. The molecule has 1 unspecified atom stereocenters. The first-order valence-corrected chi connectivity index (χ1v) is 5.59. The average Bonchev–Trinajstić information content (AvgIpc) is 2.75. The van der Waals surface area contributed by atoms with Crippen LogP contribution in [-0.2, 0) is 4.74 Å². The Bertz CT molecular complexity index is 452. The highest BCUT2D eigenvalue weighted by atomic mass is 16.5. The predicted molar refractivity (Wildman–Crippen MR) is 64.8 cm³/mol. The fourth-order valence-corrected chi connectivity index (χ4v) is 1.68. The van der Waals surface area contributed by atoms with Crippen molar-refractivity contribution in [2.24, 2.45) is 0 Å². The second kappa shape index (κ2) is 4.99. The summed E-state index contributed by atoms with van der Waals surface area (Å²) in [4.78, 5) is 4.23. The number of hydrogen-bond donors (Lipinski definition) is 1. The lowest BCUT2D eigenvalue weighted by Gasteiger charge is -2.14. The fourth-order valence-electron chi connectivity index (χ4n) is 1.68. The van der Waals surface area contributed by atoms with Crippen LogP contribution < -0.4 is 5.32 Å². The summed E-state index contributed by atoms with van der Waals surface area (Å²) in [5, 5.41) is 3.36. The summed E-state index contributed by atoms with van der Waals surface area (Å²) >= 11 is 0. The van der Waals surface area contributed by atoms with Crippen molar-refractivity contribution in [1.29, 1.82) is 0 Å². The minimum atomic E-state index is 0.212. The summed E-state index contributed by atoms with van der Waals surface area (Å²) in [5.41, 5.74) is 0.953. The standard InChI is InChI=1S/C12H17N3O/c1-3-16-10(2)9-14-12-6-4-5-11-13-7-8-15(11)12/h4-8,10,14H,3,9H2,1-2H3. The highest BCUT2D eigenvalue weighted by Crippen LogP contribution is 2.10. The predicted octanol–water partition coefficient (Wildman–Crippen LogP) is 2.17. The molecule has 4 nitrogen and oxygen atoms in total. The largest absolute Gasteiger partial charge is 0.377 e. The highest BCUT2D eigenvalue weighted by Gasteiger charge is 2.03. The van der Waals surface area contributed by atoms with E-state index >= 15 is 0 Å². The van der Waals surface area contributed by atoms with Gasteiger partial charge in [0.2, 0.25) is 0 Å². The zero-order valence-electron chi connectivity index (χ0n) is 9.68. The number of hydrogen-bond acceptors (Lipinski definition) is 3. The Morgan fingerprint density at radius 1 is 1.50 bits per heavy atom. The number of rotatable bonds is 5. The van der Waals surface area contributed by atoms with Crippen molar-refractivity contribution in [3.8, 4) is 0 Å². The summed E-state index contributed by atoms with van der Waals surface area (Å²) < 4.78 is 7.50. The number of nitrogens with zero attached hydrogens (tertiary/aromatic N) is 2. The Morgan fingerprint density at radius 3 is 3.19 bits per heavy atom. The molecule has 2 aromatic rings. The second-order valence-electron chi connectivity index (χ2n) is 3.71. The molecule has 2 rings (SSSR count). The molecule has 0 spiro atoms. The number of aromatic nitrogens is 2. The van der Waals surface area contributed by atoms with E-state index < -0.39 is 0 Å². The molecule has 0 saturated heterocycles. The molecule has 86 valence electrons. The lowest BCUT2D eigenvalue weighted by Crippen LogP contribution is -2.20. The van der Waals surface area contributed by atoms with Crippen LogP contribution in [0, 0.1) is 0 Å². The van der Waals surface area contributed by atoms with Crippen LogP contribution in [0.1, 0.15) is 13.8 Å². The third-order valence-corrected chi connectivity index (χ3v) is 2.45. The van der Waals surface area contributed by atoms with Crippen molar-refractivity contribution in [3.05, 3.63) is 30.6 Å². The number of nitrogens with one attached hydrogen (secondary N) is 1. The van der Waals surface area contributed by atoms with E-state index in [0.717, 1.165) is 24.6 Å². The smallest absolute Gasteiger partial charge is 0.138 e. The molecule has 0 fully saturated rings. The van der Waals surface area contributed by atoms with E-state index in [1.165, 1.54) is 0 Å². The van der Waals surface area contributed by atoms with Crippen LogP contribution in [0.25, 0.3) is 5.65 Å². The van der Waals surface area contributed by atoms with Crippen molar-refractivity contribution >= 4 is 11.5 Å². The molecule has 0 aromatic carbocycles. The highest BCUT2D eigenvalue weighted by molar-refractivity contribution is 5.49. The molecule has 0 radical (unpaired) electrons. The molecule has 0 aliphatic carbocycles. The summed E-state index contributed by atoms with van der Waals surface area (Å²) in [6.45, 7) is 5.61. The molecule has 1 atom stereocenters. The lowest BCUT2D eigenvalue weighted by atomic mass is 10.4. The molecule has 0 aliphatic heterocycles. The average molecular weight is 219 g/mol. The van der Waals surface area contributed by atoms with Crippen molar-refractivity contribution in [2.75, 3.05) is 18.5 Å². The third-order valence-electron chi connectivity index (χ3n) is 2.45. The van der Waals surface area contributed by atoms with Gasteiger partial charge in [-0.25, -0.2) is 4.98 Å². The number of anilines is 1. The summed E-state index contributed by atoms with van der Waals surface area (Å²) in [7, 11) is 0. The SMILES string of the molecule is CCOC(C)CNc1cccc2nccn12. The number of fused-ring (bicyclic) bond motifs is 1. The zero-order chi connectivity index (χ0) is 11.4. The molecule has 2 heterocycles. The molecule has 2 aromatic heterocycles. The van der Waals surface area contributed by atoms with Crippen molar-refractivity contribution < 1.29 is 4.74 Å². The van der Waals surface area contributed by atoms with Gasteiger partial charge in [-0.2, -0.15) is 0 Å². The first-order valence-electron chi connectivity index (χ1n) is 5.59. The van der Waals surface area contributed by atoms with Gasteiger partial charge in [0.25, 0.3) is 0 Å². The third kappa shape index (κ3) is 2.33. The number of pyridine rings is 1. The fraction of sp³-hybridized carbons (Fsp3) is 0.417. The number of imidazole rings is 1. The summed E-state index contributed by atoms with van der Waals surface area (Å²) in [6, 6.07) is 6.01. The van der Waals surface area contributed by atoms with E-state index in [-0.39, 0.29) is 6.10 Å². The first-order chi connectivity index (χ1) is 7.81. The van der Waals surface area contributed by atoms with Crippen LogP contribution in [0.2, 0.25) is 0 Å². The van der Waals surface area contributed by atoms with Crippen LogP contribution in [0.5, 0.6) is 0 Å². The van der Waals surface area contributed by atoms with Gasteiger partial charge in [-0.05, 0) is 26.0 Å². The quantitative estimate of drug-likeness (QED) is 0.837. The van der Waals surface area contributed by atoms with Crippen LogP contribution in [-0.4, -0.2) is 28.6 Å². The van der Waals surface area contributed by atoms with Crippen LogP contribution in [0.3, 0.4) is 0 Å². The lowest BCUT2D eigenvalue weighted by molar-refractivity contribution is 0.0854. The van der Waals surface area contributed by atoms with E-state index in [1.54, 1.807) is 6.20 Å². The maximum Gasteiger partial charge on any atom is 0.138 e. The normalized spacial score (nSPS) is 12.9. The Morgan fingerprint density at radius 2 is 2.38 bits per heavy atom. The van der Waals surface area contributed by atoms with E-state index in [0.29, 0.717) is 0 Å². The van der Waals surface area contributed by atoms with Gasteiger partial charge in [0.1, 0.15) is 11.5 Å². The van der Waals surface area contributed by atoms with Crippen LogP contribution in [0.15, 0.2) is 30.6 Å². The molecule has 0 bridgehead atoms. The molecular formula is C12H17N3O. The first kappa shape index (κ1) is 11.0. The maximum atomic E-state index is 5.47. The monoisotopic (exact) mass is 219 g/mol. The molecule has 16 heavy (non-hydrogen) atoms. The summed E-state index contributed by atoms with van der Waals surface area (Å²) in [5.74, 6) is 1.04. The molecule has 0 aliphatic rings. The minimum absolute atomic E-state index is 0.212. The van der Waals surface area contributed by atoms with Crippen molar-refractivity contribution in [3.63, 3.8) is 0 Å². The van der Waals surface area contributed by atoms with Gasteiger partial charge in [0, 0.05) is 25.5 Å².